The summed E-state index contributed by atoms with van der Waals surface area (Å²) in [7, 11) is 0. The van der Waals surface area contributed by atoms with Gasteiger partial charge in [-0.15, -0.1) is 0 Å². The predicted molar refractivity (Wildman–Crippen MR) is 80.5 cm³/mol. The topological polar surface area (TPSA) is 64.6 Å². The first kappa shape index (κ1) is 13.9. The van der Waals surface area contributed by atoms with Crippen molar-refractivity contribution in [2.45, 2.75) is 13.8 Å². The number of carbonyl (C=O) groups is 2. The van der Waals surface area contributed by atoms with E-state index in [9.17, 15) is 9.59 Å². The third kappa shape index (κ3) is 2.25. The minimum absolute atomic E-state index is 0.184. The van der Waals surface area contributed by atoms with Crippen molar-refractivity contribution in [3.63, 3.8) is 0 Å². The number of allylic oxidation sites excluding steroid dienone is 3. The van der Waals surface area contributed by atoms with Crippen LogP contribution in [0.2, 0.25) is 0 Å². The molecule has 0 unspecified atom stereocenters. The number of ketones is 2. The van der Waals surface area contributed by atoms with Crippen LogP contribution >= 0.6 is 15.9 Å². The number of hydrogen-bond donors (Lipinski definition) is 1. The van der Waals surface area contributed by atoms with Gasteiger partial charge in [0.25, 0.3) is 0 Å². The summed E-state index contributed by atoms with van der Waals surface area (Å²) in [6, 6.07) is 5.25. The lowest BCUT2D eigenvalue weighted by Crippen LogP contribution is -2.23. The van der Waals surface area contributed by atoms with Gasteiger partial charge in [0, 0.05) is 22.9 Å². The van der Waals surface area contributed by atoms with E-state index in [4.69, 9.17) is 9.47 Å². The van der Waals surface area contributed by atoms with Crippen molar-refractivity contribution in [3.8, 4) is 11.5 Å². The molecule has 0 saturated carbocycles. The second-order valence-electron chi connectivity index (χ2n) is 4.79. The summed E-state index contributed by atoms with van der Waals surface area (Å²) in [6.45, 7) is 3.48. The maximum atomic E-state index is 12.3. The highest BCUT2D eigenvalue weighted by Gasteiger charge is 2.29. The quantitative estimate of drug-likeness (QED) is 0.831. The van der Waals surface area contributed by atoms with Crippen LogP contribution in [-0.4, -0.2) is 18.4 Å². The first-order valence-corrected chi connectivity index (χ1v) is 7.11. The first-order chi connectivity index (χ1) is 9.99. The van der Waals surface area contributed by atoms with Crippen molar-refractivity contribution in [1.82, 2.24) is 0 Å². The van der Waals surface area contributed by atoms with Crippen LogP contribution in [0, 0.1) is 0 Å². The Morgan fingerprint density at radius 2 is 1.71 bits per heavy atom. The van der Waals surface area contributed by atoms with E-state index < -0.39 is 0 Å². The van der Waals surface area contributed by atoms with Gasteiger partial charge in [-0.05, 0) is 41.9 Å². The fraction of sp³-hybridized carbons (Fsp3) is 0.200. The van der Waals surface area contributed by atoms with E-state index in [-0.39, 0.29) is 28.5 Å². The maximum absolute atomic E-state index is 12.3. The number of halogens is 1. The van der Waals surface area contributed by atoms with Crippen LogP contribution < -0.4 is 14.8 Å². The highest BCUT2D eigenvalue weighted by molar-refractivity contribution is 9.12. The minimum Gasteiger partial charge on any atom is -0.454 e. The number of hydrogen-bond acceptors (Lipinski definition) is 5. The molecule has 0 bridgehead atoms. The van der Waals surface area contributed by atoms with E-state index in [1.165, 1.54) is 0 Å². The third-order valence-corrected chi connectivity index (χ3v) is 4.29. The summed E-state index contributed by atoms with van der Waals surface area (Å²) in [6.07, 6.45) is 0. The molecule has 0 fully saturated rings. The molecule has 21 heavy (non-hydrogen) atoms. The molecule has 0 saturated heterocycles. The second-order valence-corrected chi connectivity index (χ2v) is 5.58. The van der Waals surface area contributed by atoms with E-state index in [0.29, 0.717) is 28.3 Å². The van der Waals surface area contributed by atoms with Crippen molar-refractivity contribution >= 4 is 33.2 Å². The van der Waals surface area contributed by atoms with Gasteiger partial charge in [0.1, 0.15) is 5.70 Å². The van der Waals surface area contributed by atoms with Gasteiger partial charge in [-0.3, -0.25) is 9.59 Å². The number of nitrogens with one attached hydrogen (secondary N) is 1. The van der Waals surface area contributed by atoms with E-state index >= 15 is 0 Å². The maximum Gasteiger partial charge on any atom is 0.231 e. The Balaban J connectivity index is 1.94. The highest BCUT2D eigenvalue weighted by atomic mass is 79.9. The average molecular weight is 350 g/mol. The molecule has 0 aromatic heterocycles. The zero-order valence-electron chi connectivity index (χ0n) is 11.5. The Labute approximate surface area is 129 Å². The molecular weight excluding hydrogens is 338 g/mol. The van der Waals surface area contributed by atoms with Crippen molar-refractivity contribution in [2.75, 3.05) is 12.1 Å². The molecule has 0 radical (unpaired) electrons. The molecule has 1 heterocycles. The van der Waals surface area contributed by atoms with Crippen molar-refractivity contribution in [3.05, 3.63) is 39.5 Å². The molecule has 3 rings (SSSR count). The molecule has 0 amide bonds. The summed E-state index contributed by atoms with van der Waals surface area (Å²) in [5, 5.41) is 2.98. The molecule has 6 heteroatoms. The number of ether oxygens (including phenoxy) is 2. The standard InChI is InChI=1S/C15H12BrNO4/c1-7-8(2)15(19)13(12(16)14(7)18)17-9-3-4-10-11(5-9)21-6-20-10/h3-5,17H,6H2,1-2H3. The Morgan fingerprint density at radius 3 is 2.48 bits per heavy atom. The van der Waals surface area contributed by atoms with Gasteiger partial charge < -0.3 is 14.8 Å². The smallest absolute Gasteiger partial charge is 0.231 e. The minimum atomic E-state index is -0.198. The van der Waals surface area contributed by atoms with Crippen LogP contribution in [0.25, 0.3) is 0 Å². The Kier molecular flexibility index (Phi) is 3.33. The first-order valence-electron chi connectivity index (χ1n) is 6.32. The molecule has 1 aliphatic carbocycles. The van der Waals surface area contributed by atoms with Crippen molar-refractivity contribution in [1.29, 1.82) is 0 Å². The normalized spacial score (nSPS) is 17.7. The van der Waals surface area contributed by atoms with Crippen LogP contribution in [0.5, 0.6) is 11.5 Å². The lowest BCUT2D eigenvalue weighted by atomic mass is 9.95. The zero-order chi connectivity index (χ0) is 15.1. The van der Waals surface area contributed by atoms with Crippen LogP contribution in [0.1, 0.15) is 13.8 Å². The van der Waals surface area contributed by atoms with Gasteiger partial charge in [-0.1, -0.05) is 0 Å². The number of rotatable bonds is 2. The van der Waals surface area contributed by atoms with Gasteiger partial charge in [-0.2, -0.15) is 0 Å². The fourth-order valence-electron chi connectivity index (χ4n) is 2.14. The van der Waals surface area contributed by atoms with E-state index in [1.807, 2.05) is 0 Å². The van der Waals surface area contributed by atoms with Crippen molar-refractivity contribution in [2.24, 2.45) is 0 Å². The van der Waals surface area contributed by atoms with Crippen LogP contribution in [0.4, 0.5) is 5.69 Å². The molecule has 1 aromatic rings. The summed E-state index contributed by atoms with van der Waals surface area (Å²) < 4.78 is 10.8. The molecule has 0 atom stereocenters. The summed E-state index contributed by atoms with van der Waals surface area (Å²) in [5.74, 6) is 0.883. The number of anilines is 1. The molecule has 1 N–H and O–H groups in total. The fourth-order valence-corrected chi connectivity index (χ4v) is 2.71. The van der Waals surface area contributed by atoms with E-state index in [0.717, 1.165) is 0 Å². The molecule has 2 aliphatic rings. The molecule has 108 valence electrons. The van der Waals surface area contributed by atoms with Gasteiger partial charge in [0.05, 0.1) is 4.48 Å². The summed E-state index contributed by atoms with van der Waals surface area (Å²) in [4.78, 5) is 24.4. The van der Waals surface area contributed by atoms with Crippen molar-refractivity contribution < 1.29 is 19.1 Å². The molecule has 1 aromatic carbocycles. The Hall–Kier alpha value is -2.08. The molecule has 5 nitrogen and oxygen atoms in total. The monoisotopic (exact) mass is 349 g/mol. The highest BCUT2D eigenvalue weighted by Crippen LogP contribution is 2.36. The predicted octanol–water partition coefficient (Wildman–Crippen LogP) is 2.92. The molecule has 1 aliphatic heterocycles. The van der Waals surface area contributed by atoms with E-state index in [1.54, 1.807) is 32.0 Å². The van der Waals surface area contributed by atoms with E-state index in [2.05, 4.69) is 21.2 Å². The Morgan fingerprint density at radius 1 is 1.05 bits per heavy atom. The Bertz CT molecular complexity index is 733. The van der Waals surface area contributed by atoms with Gasteiger partial charge in [-0.25, -0.2) is 0 Å². The molecular formula is C15H12BrNO4. The summed E-state index contributed by atoms with van der Waals surface area (Å²) in [5.41, 5.74) is 1.80. The number of carbonyl (C=O) groups excluding carboxylic acids is 2. The zero-order valence-corrected chi connectivity index (χ0v) is 13.0. The van der Waals surface area contributed by atoms with Crippen LogP contribution in [0.15, 0.2) is 39.5 Å². The lowest BCUT2D eigenvalue weighted by Gasteiger charge is -2.18. The molecule has 0 spiro atoms. The lowest BCUT2D eigenvalue weighted by molar-refractivity contribution is -0.115. The van der Waals surface area contributed by atoms with Gasteiger partial charge >= 0.3 is 0 Å². The third-order valence-electron chi connectivity index (χ3n) is 3.53. The number of Topliss-reactive ketones (excluding diaryl/α,β-unsaturated/α-hetero) is 2. The van der Waals surface area contributed by atoms with Gasteiger partial charge in [0.15, 0.2) is 17.3 Å². The second kappa shape index (κ2) is 5.04. The SMILES string of the molecule is CC1=C(C)C(=O)C(Nc2ccc3c(c2)OCO3)=C(Br)C1=O. The van der Waals surface area contributed by atoms with Gasteiger partial charge in [0.2, 0.25) is 12.6 Å². The number of benzene rings is 1. The largest absolute Gasteiger partial charge is 0.454 e. The van der Waals surface area contributed by atoms with Crippen LogP contribution in [0.3, 0.4) is 0 Å². The summed E-state index contributed by atoms with van der Waals surface area (Å²) >= 11 is 3.20. The number of fused-ring (bicyclic) bond motifs is 1. The average Bonchev–Trinajstić information content (AvgIpc) is 2.95. The van der Waals surface area contributed by atoms with Crippen LogP contribution in [-0.2, 0) is 9.59 Å².